The van der Waals surface area contributed by atoms with Gasteiger partial charge in [0.1, 0.15) is 18.4 Å². The number of hydrogen-bond donors (Lipinski definition) is 1. The van der Waals surface area contributed by atoms with Gasteiger partial charge in [0, 0.05) is 0 Å². The summed E-state index contributed by atoms with van der Waals surface area (Å²) in [5.41, 5.74) is 0. The number of carbonyl (C=O) groups is 1. The van der Waals surface area contributed by atoms with Crippen LogP contribution in [-0.4, -0.2) is 18.6 Å². The number of esters is 1. The van der Waals surface area contributed by atoms with E-state index in [4.69, 9.17) is 13.8 Å². The molecule has 1 aliphatic rings. The van der Waals surface area contributed by atoms with Crippen LogP contribution in [0.1, 0.15) is 32.1 Å². The first kappa shape index (κ1) is 23.2. The fraction of sp³-hybridized carbons (Fsp3) is 0.350. The third-order valence-corrected chi connectivity index (χ3v) is 5.62. The lowest BCUT2D eigenvalue weighted by atomic mass is 9.98. The van der Waals surface area contributed by atoms with Crippen molar-refractivity contribution in [1.82, 2.24) is 5.09 Å². The molecule has 0 radical (unpaired) electrons. The Morgan fingerprint density at radius 1 is 0.871 bits per heavy atom. The van der Waals surface area contributed by atoms with Crippen molar-refractivity contribution in [3.8, 4) is 11.5 Å². The highest BCUT2D eigenvalue weighted by Gasteiger charge is 2.30. The maximum absolute atomic E-state index is 14.0. The van der Waals surface area contributed by atoms with Crippen LogP contribution in [0.4, 0.5) is 22.0 Å². The number of para-hydroxylation sites is 1. The summed E-state index contributed by atoms with van der Waals surface area (Å²) in [5, 5.41) is 2.49. The fourth-order valence-electron chi connectivity index (χ4n) is 2.95. The van der Waals surface area contributed by atoms with Crippen LogP contribution in [0.25, 0.3) is 0 Å². The van der Waals surface area contributed by atoms with E-state index in [9.17, 15) is 26.7 Å². The van der Waals surface area contributed by atoms with Crippen LogP contribution in [0.3, 0.4) is 0 Å². The average molecular weight is 463 g/mol. The number of carbonyl (C=O) groups excluding carboxylic acids is 1. The first-order valence-corrected chi connectivity index (χ1v) is 10.7. The van der Waals surface area contributed by atoms with Gasteiger partial charge in [-0.05, 0) is 37.8 Å². The van der Waals surface area contributed by atoms with Crippen LogP contribution in [-0.2, 0) is 9.53 Å². The molecule has 2 aromatic carbocycles. The Bertz CT molecular complexity index is 883. The van der Waals surface area contributed by atoms with E-state index in [2.05, 4.69) is 5.09 Å². The number of ether oxygens (including phenoxy) is 1. The van der Waals surface area contributed by atoms with E-state index in [0.717, 1.165) is 32.1 Å². The van der Waals surface area contributed by atoms with Gasteiger partial charge in [-0.3, -0.25) is 4.79 Å². The molecule has 0 aromatic heterocycles. The molecule has 0 bridgehead atoms. The minimum Gasteiger partial charge on any atom is -0.461 e. The Morgan fingerprint density at radius 2 is 1.45 bits per heavy atom. The monoisotopic (exact) mass is 463 g/mol. The van der Waals surface area contributed by atoms with Crippen molar-refractivity contribution in [2.75, 3.05) is 6.54 Å². The lowest BCUT2D eigenvalue weighted by Gasteiger charge is -2.23. The van der Waals surface area contributed by atoms with Crippen LogP contribution in [0.5, 0.6) is 11.5 Å². The fourth-order valence-corrected chi connectivity index (χ4v) is 4.01. The van der Waals surface area contributed by atoms with Crippen molar-refractivity contribution < 1.29 is 40.5 Å². The van der Waals surface area contributed by atoms with Gasteiger partial charge in [0.25, 0.3) is 0 Å². The molecule has 5 nitrogen and oxygen atoms in total. The molecular weight excluding hydrogens is 444 g/mol. The van der Waals surface area contributed by atoms with E-state index in [1.54, 1.807) is 18.2 Å². The Balaban J connectivity index is 1.73. The van der Waals surface area contributed by atoms with Gasteiger partial charge in [0.05, 0.1) is 0 Å². The highest BCUT2D eigenvalue weighted by Crippen LogP contribution is 2.40. The second-order valence-electron chi connectivity index (χ2n) is 6.74. The number of benzene rings is 2. The summed E-state index contributed by atoms with van der Waals surface area (Å²) in [4.78, 5) is 12.1. The molecule has 1 atom stereocenters. The molecule has 1 fully saturated rings. The average Bonchev–Trinajstić information content (AvgIpc) is 2.79. The molecule has 1 aliphatic carbocycles. The van der Waals surface area contributed by atoms with Crippen molar-refractivity contribution in [1.29, 1.82) is 0 Å². The summed E-state index contributed by atoms with van der Waals surface area (Å²) in [6.07, 6.45) is 4.21. The maximum atomic E-state index is 14.0. The second kappa shape index (κ2) is 10.7. The van der Waals surface area contributed by atoms with E-state index in [1.807, 2.05) is 0 Å². The molecule has 2 aromatic rings. The zero-order valence-corrected chi connectivity index (χ0v) is 17.1. The van der Waals surface area contributed by atoms with Gasteiger partial charge in [-0.15, -0.1) is 0 Å². The van der Waals surface area contributed by atoms with Crippen LogP contribution >= 0.6 is 8.53 Å². The van der Waals surface area contributed by atoms with Crippen LogP contribution in [0.15, 0.2) is 30.3 Å². The van der Waals surface area contributed by atoms with Gasteiger partial charge in [-0.1, -0.05) is 24.6 Å². The lowest BCUT2D eigenvalue weighted by molar-refractivity contribution is -0.149. The minimum atomic E-state index is -2.52. The lowest BCUT2D eigenvalue weighted by Crippen LogP contribution is -2.29. The molecular formula is C20H19F5NO4P. The molecule has 31 heavy (non-hydrogen) atoms. The van der Waals surface area contributed by atoms with Gasteiger partial charge in [0.15, 0.2) is 0 Å². The van der Waals surface area contributed by atoms with Crippen molar-refractivity contribution >= 4 is 14.5 Å². The predicted molar refractivity (Wildman–Crippen MR) is 102 cm³/mol. The summed E-state index contributed by atoms with van der Waals surface area (Å²) in [7, 11) is -2.52. The topological polar surface area (TPSA) is 56.8 Å². The molecule has 1 unspecified atom stereocenters. The zero-order valence-electron chi connectivity index (χ0n) is 16.2. The van der Waals surface area contributed by atoms with Gasteiger partial charge >= 0.3 is 14.5 Å². The predicted octanol–water partition coefficient (Wildman–Crippen LogP) is 5.53. The first-order valence-electron chi connectivity index (χ1n) is 9.52. The molecule has 0 aliphatic heterocycles. The normalized spacial score (nSPS) is 15.4. The summed E-state index contributed by atoms with van der Waals surface area (Å²) in [6.45, 7) is -0.454. The second-order valence-corrected chi connectivity index (χ2v) is 7.93. The quantitative estimate of drug-likeness (QED) is 0.183. The molecule has 0 spiro atoms. The number of rotatable bonds is 8. The van der Waals surface area contributed by atoms with Gasteiger partial charge in [0.2, 0.25) is 34.8 Å². The molecule has 1 saturated carbocycles. The van der Waals surface area contributed by atoms with E-state index in [1.165, 1.54) is 12.1 Å². The third kappa shape index (κ3) is 6.04. The molecule has 0 amide bonds. The molecule has 0 saturated heterocycles. The zero-order chi connectivity index (χ0) is 22.4. The Morgan fingerprint density at radius 3 is 2.06 bits per heavy atom. The first-order chi connectivity index (χ1) is 14.9. The van der Waals surface area contributed by atoms with Crippen molar-refractivity contribution in [2.24, 2.45) is 0 Å². The van der Waals surface area contributed by atoms with Crippen LogP contribution in [0.2, 0.25) is 0 Å². The van der Waals surface area contributed by atoms with Gasteiger partial charge in [-0.25, -0.2) is 18.3 Å². The number of halogens is 5. The van der Waals surface area contributed by atoms with E-state index in [-0.39, 0.29) is 11.9 Å². The molecule has 11 heteroatoms. The summed E-state index contributed by atoms with van der Waals surface area (Å²) >= 11 is 0. The molecule has 0 heterocycles. The third-order valence-electron chi connectivity index (χ3n) is 4.48. The smallest absolute Gasteiger partial charge is 0.382 e. The minimum absolute atomic E-state index is 0.186. The van der Waals surface area contributed by atoms with Crippen LogP contribution < -0.4 is 14.1 Å². The van der Waals surface area contributed by atoms with Crippen molar-refractivity contribution in [3.05, 3.63) is 59.4 Å². The van der Waals surface area contributed by atoms with Crippen molar-refractivity contribution in [2.45, 2.75) is 38.2 Å². The Labute approximate surface area is 176 Å². The molecule has 168 valence electrons. The number of nitrogens with one attached hydrogen (secondary N) is 1. The Kier molecular flexibility index (Phi) is 8.03. The van der Waals surface area contributed by atoms with E-state index in [0.29, 0.717) is 0 Å². The molecule has 3 rings (SSSR count). The summed E-state index contributed by atoms with van der Waals surface area (Å²) in [5.74, 6) is -12.9. The van der Waals surface area contributed by atoms with Gasteiger partial charge in [-0.2, -0.15) is 8.78 Å². The number of hydrogen-bond acceptors (Lipinski definition) is 5. The summed E-state index contributed by atoms with van der Waals surface area (Å²) < 4.78 is 84.0. The highest BCUT2D eigenvalue weighted by atomic mass is 31.2. The van der Waals surface area contributed by atoms with E-state index >= 15 is 0 Å². The highest BCUT2D eigenvalue weighted by molar-refractivity contribution is 7.45. The SMILES string of the molecule is O=C(CNP(Oc1ccccc1)Oc1c(F)c(F)c(F)c(F)c1F)OC1CCCCC1. The van der Waals surface area contributed by atoms with Crippen LogP contribution in [0, 0.1) is 29.1 Å². The van der Waals surface area contributed by atoms with E-state index < -0.39 is 55.9 Å². The largest absolute Gasteiger partial charge is 0.461 e. The van der Waals surface area contributed by atoms with Crippen molar-refractivity contribution in [3.63, 3.8) is 0 Å². The standard InChI is InChI=1S/C20H19F5NO4P/c21-15-16(22)18(24)20(19(25)17(15)23)30-31(29-13-9-5-2-6-10-13)26-11-14(27)28-12-7-3-1-4-8-12/h2,5-6,9-10,12,26H,1,3-4,7-8,11H2. The Hall–Kier alpha value is -2.45. The maximum Gasteiger partial charge on any atom is 0.382 e. The van der Waals surface area contributed by atoms with Gasteiger partial charge < -0.3 is 13.8 Å². The summed E-state index contributed by atoms with van der Waals surface area (Å²) in [6, 6.07) is 7.84. The molecule has 1 N–H and O–H groups in total.